The Morgan fingerprint density at radius 2 is 1.62 bits per heavy atom. The average molecular weight is 332 g/mol. The summed E-state index contributed by atoms with van der Waals surface area (Å²) in [6.07, 6.45) is 2.14. The second-order valence-electron chi connectivity index (χ2n) is 7.87. The van der Waals surface area contributed by atoms with E-state index < -0.39 is 0 Å². The summed E-state index contributed by atoms with van der Waals surface area (Å²) in [4.78, 5) is 18.1. The molecule has 0 N–H and O–H groups in total. The van der Waals surface area contributed by atoms with Crippen LogP contribution in [-0.2, 0) is 0 Å². The summed E-state index contributed by atoms with van der Waals surface area (Å²) in [6.45, 7) is 10.3. The molecule has 6 heteroatoms. The smallest absolute Gasteiger partial charge is 0.292 e. The molecule has 0 aromatic heterocycles. The Balaban J connectivity index is 1.85. The summed E-state index contributed by atoms with van der Waals surface area (Å²) in [5.41, 5.74) is 2.45. The molecule has 1 aromatic carbocycles. The van der Waals surface area contributed by atoms with Crippen LogP contribution in [-0.4, -0.2) is 56.1 Å². The van der Waals surface area contributed by atoms with E-state index in [1.807, 2.05) is 12.1 Å². The highest BCUT2D eigenvalue weighted by molar-refractivity contribution is 5.70. The molecule has 1 aromatic rings. The minimum Gasteiger partial charge on any atom is -0.369 e. The molecule has 0 saturated carbocycles. The fourth-order valence-corrected chi connectivity index (χ4v) is 3.53. The Hall–Kier alpha value is -1.82. The molecule has 0 spiro atoms. The number of hydrogen-bond acceptors (Lipinski definition) is 5. The van der Waals surface area contributed by atoms with Crippen molar-refractivity contribution in [3.8, 4) is 0 Å². The predicted molar refractivity (Wildman–Crippen MR) is 98.0 cm³/mol. The van der Waals surface area contributed by atoms with E-state index in [4.69, 9.17) is 0 Å². The summed E-state index contributed by atoms with van der Waals surface area (Å²) in [5, 5.41) is 11.5. The molecule has 0 bridgehead atoms. The third kappa shape index (κ3) is 3.64. The van der Waals surface area contributed by atoms with E-state index in [0.29, 0.717) is 5.41 Å². The van der Waals surface area contributed by atoms with Crippen LogP contribution in [0.2, 0.25) is 0 Å². The molecule has 24 heavy (non-hydrogen) atoms. The van der Waals surface area contributed by atoms with E-state index in [2.05, 4.69) is 35.6 Å². The fraction of sp³-hybridized carbons (Fsp3) is 0.667. The number of piperazine rings is 1. The van der Waals surface area contributed by atoms with Crippen molar-refractivity contribution in [3.63, 3.8) is 0 Å². The zero-order valence-electron chi connectivity index (χ0n) is 15.0. The van der Waals surface area contributed by atoms with Gasteiger partial charge in [-0.2, -0.15) is 0 Å². The number of benzene rings is 1. The SMILES string of the molecule is CN1CCN(c2ccc([N+](=O)[O-])c(N3CCC(C)(C)CC3)c2)CC1. The van der Waals surface area contributed by atoms with Crippen LogP contribution in [0.25, 0.3) is 0 Å². The number of nitro groups is 1. The summed E-state index contributed by atoms with van der Waals surface area (Å²) in [5.74, 6) is 0. The molecule has 0 aliphatic carbocycles. The van der Waals surface area contributed by atoms with Gasteiger partial charge in [-0.3, -0.25) is 10.1 Å². The first-order valence-corrected chi connectivity index (χ1v) is 8.83. The van der Waals surface area contributed by atoms with Crippen molar-refractivity contribution >= 4 is 17.1 Å². The molecule has 0 atom stereocenters. The Morgan fingerprint density at radius 1 is 1.00 bits per heavy atom. The van der Waals surface area contributed by atoms with Crippen molar-refractivity contribution in [3.05, 3.63) is 28.3 Å². The lowest BCUT2D eigenvalue weighted by Gasteiger charge is -2.38. The standard InChI is InChI=1S/C18H28N4O2/c1-18(2)6-8-21(9-7-18)17-14-15(4-5-16(17)22(23)24)20-12-10-19(3)11-13-20/h4-5,14H,6-13H2,1-3H3. The third-order valence-electron chi connectivity index (χ3n) is 5.48. The van der Waals surface area contributed by atoms with Crippen molar-refractivity contribution in [1.82, 2.24) is 4.90 Å². The molecule has 0 unspecified atom stereocenters. The van der Waals surface area contributed by atoms with Gasteiger partial charge in [0.25, 0.3) is 5.69 Å². The molecule has 0 radical (unpaired) electrons. The Kier molecular flexibility index (Phi) is 4.67. The summed E-state index contributed by atoms with van der Waals surface area (Å²) >= 11 is 0. The number of likely N-dealkylation sites (N-methyl/N-ethyl adjacent to an activating group) is 1. The Morgan fingerprint density at radius 3 is 2.21 bits per heavy atom. The molecular formula is C18H28N4O2. The van der Waals surface area contributed by atoms with E-state index in [-0.39, 0.29) is 10.6 Å². The second kappa shape index (κ2) is 6.59. The van der Waals surface area contributed by atoms with Gasteiger partial charge in [0.2, 0.25) is 0 Å². The molecule has 2 aliphatic rings. The van der Waals surface area contributed by atoms with E-state index in [1.165, 1.54) is 0 Å². The van der Waals surface area contributed by atoms with Gasteiger partial charge in [-0.15, -0.1) is 0 Å². The monoisotopic (exact) mass is 332 g/mol. The van der Waals surface area contributed by atoms with E-state index >= 15 is 0 Å². The quantitative estimate of drug-likeness (QED) is 0.629. The van der Waals surface area contributed by atoms with E-state index in [0.717, 1.165) is 63.5 Å². The van der Waals surface area contributed by atoms with Crippen LogP contribution in [0.3, 0.4) is 0 Å². The lowest BCUT2D eigenvalue weighted by atomic mass is 9.82. The zero-order chi connectivity index (χ0) is 17.3. The maximum atomic E-state index is 11.5. The lowest BCUT2D eigenvalue weighted by molar-refractivity contribution is -0.384. The van der Waals surface area contributed by atoms with Gasteiger partial charge in [0.05, 0.1) is 4.92 Å². The van der Waals surface area contributed by atoms with Crippen LogP contribution >= 0.6 is 0 Å². The van der Waals surface area contributed by atoms with E-state index in [9.17, 15) is 10.1 Å². The third-order valence-corrected chi connectivity index (χ3v) is 5.48. The number of nitrogens with zero attached hydrogens (tertiary/aromatic N) is 4. The first-order valence-electron chi connectivity index (χ1n) is 8.83. The maximum Gasteiger partial charge on any atom is 0.292 e. The highest BCUT2D eigenvalue weighted by Crippen LogP contribution is 2.38. The predicted octanol–water partition coefficient (Wildman–Crippen LogP) is 2.97. The second-order valence-corrected chi connectivity index (χ2v) is 7.87. The van der Waals surface area contributed by atoms with Crippen molar-refractivity contribution in [1.29, 1.82) is 0 Å². The maximum absolute atomic E-state index is 11.5. The van der Waals surface area contributed by atoms with Crippen LogP contribution in [0.5, 0.6) is 0 Å². The van der Waals surface area contributed by atoms with Crippen molar-refractivity contribution < 1.29 is 4.92 Å². The largest absolute Gasteiger partial charge is 0.369 e. The molecule has 2 saturated heterocycles. The molecule has 132 valence electrons. The summed E-state index contributed by atoms with van der Waals surface area (Å²) in [6, 6.07) is 5.62. The Labute approximate surface area is 144 Å². The van der Waals surface area contributed by atoms with Crippen LogP contribution in [0, 0.1) is 15.5 Å². The number of anilines is 2. The zero-order valence-corrected chi connectivity index (χ0v) is 15.0. The first kappa shape index (κ1) is 17.0. The molecule has 0 amide bonds. The van der Waals surface area contributed by atoms with E-state index in [1.54, 1.807) is 6.07 Å². The lowest BCUT2D eigenvalue weighted by Crippen LogP contribution is -2.44. The number of nitro benzene ring substituents is 1. The van der Waals surface area contributed by atoms with Crippen molar-refractivity contribution in [2.45, 2.75) is 26.7 Å². The normalized spacial score (nSPS) is 21.8. The molecule has 2 heterocycles. The number of piperidine rings is 1. The van der Waals surface area contributed by atoms with Gasteiger partial charge in [0.1, 0.15) is 5.69 Å². The van der Waals surface area contributed by atoms with Gasteiger partial charge in [-0.25, -0.2) is 0 Å². The molecule has 2 fully saturated rings. The van der Waals surface area contributed by atoms with Gasteiger partial charge in [0.15, 0.2) is 0 Å². The highest BCUT2D eigenvalue weighted by atomic mass is 16.6. The van der Waals surface area contributed by atoms with Crippen molar-refractivity contribution in [2.75, 3.05) is 56.1 Å². The van der Waals surface area contributed by atoms with Crippen LogP contribution in [0.15, 0.2) is 18.2 Å². The molecular weight excluding hydrogens is 304 g/mol. The topological polar surface area (TPSA) is 52.9 Å². The molecule has 6 nitrogen and oxygen atoms in total. The van der Waals surface area contributed by atoms with Gasteiger partial charge in [0, 0.05) is 51.0 Å². The molecule has 3 rings (SSSR count). The number of hydrogen-bond donors (Lipinski definition) is 0. The van der Waals surface area contributed by atoms with Crippen LogP contribution < -0.4 is 9.80 Å². The Bertz CT molecular complexity index is 599. The molecule has 2 aliphatic heterocycles. The van der Waals surface area contributed by atoms with Crippen LogP contribution in [0.1, 0.15) is 26.7 Å². The van der Waals surface area contributed by atoms with Gasteiger partial charge in [-0.1, -0.05) is 13.8 Å². The summed E-state index contributed by atoms with van der Waals surface area (Å²) in [7, 11) is 2.13. The van der Waals surface area contributed by atoms with Gasteiger partial charge >= 0.3 is 0 Å². The number of rotatable bonds is 3. The highest BCUT2D eigenvalue weighted by Gasteiger charge is 2.29. The first-order chi connectivity index (χ1) is 11.4. The minimum atomic E-state index is -0.247. The average Bonchev–Trinajstić information content (AvgIpc) is 2.55. The van der Waals surface area contributed by atoms with Gasteiger partial charge < -0.3 is 14.7 Å². The van der Waals surface area contributed by atoms with Gasteiger partial charge in [-0.05, 0) is 37.4 Å². The fourth-order valence-electron chi connectivity index (χ4n) is 3.53. The van der Waals surface area contributed by atoms with Crippen molar-refractivity contribution in [2.24, 2.45) is 5.41 Å². The van der Waals surface area contributed by atoms with Crippen LogP contribution in [0.4, 0.5) is 17.1 Å². The minimum absolute atomic E-state index is 0.229. The summed E-state index contributed by atoms with van der Waals surface area (Å²) < 4.78 is 0.